The number of pyridine rings is 3. The maximum Gasteiger partial charge on any atom is 0 e. The molecule has 4 aromatic heterocycles. The van der Waals surface area contributed by atoms with E-state index in [1.54, 1.807) is 18.2 Å². The van der Waals surface area contributed by atoms with Crippen molar-refractivity contribution in [1.29, 1.82) is 10.5 Å². The molecule has 0 atom stereocenters. The summed E-state index contributed by atoms with van der Waals surface area (Å²) in [5.41, 5.74) is 5.60. The average Bonchev–Trinajstić information content (AvgIpc) is 3.95. The first kappa shape index (κ1) is 34.0. The van der Waals surface area contributed by atoms with Crippen molar-refractivity contribution < 1.29 is 34.1 Å². The van der Waals surface area contributed by atoms with Gasteiger partial charge in [-0.1, -0.05) is 73.2 Å². The minimum absolute atomic E-state index is 0. The van der Waals surface area contributed by atoms with E-state index in [1.807, 2.05) is 81.6 Å². The van der Waals surface area contributed by atoms with Gasteiger partial charge in [0.25, 0.3) is 0 Å². The Morgan fingerprint density at radius 2 is 1.64 bits per heavy atom. The Balaban J connectivity index is 0.000000234. The van der Waals surface area contributed by atoms with Crippen LogP contribution >= 0.6 is 0 Å². The second kappa shape index (κ2) is 17.9. The van der Waals surface area contributed by atoms with Crippen LogP contribution in [0.15, 0.2) is 95.7 Å². The van der Waals surface area contributed by atoms with Gasteiger partial charge in [0.2, 0.25) is 5.71 Å². The summed E-state index contributed by atoms with van der Waals surface area (Å²) in [5, 5.41) is 20.0. The quantitative estimate of drug-likeness (QED) is 0.116. The van der Waals surface area contributed by atoms with Crippen LogP contribution in [0.2, 0.25) is 17.3 Å². The van der Waals surface area contributed by atoms with Gasteiger partial charge in [0, 0.05) is 50.2 Å². The molecule has 0 N–H and O–H groups in total. The summed E-state index contributed by atoms with van der Waals surface area (Å²) in [6.07, 6.45) is 3.23. The molecule has 58 heavy (non-hydrogen) atoms. The van der Waals surface area contributed by atoms with Crippen LogP contribution in [-0.2, 0) is 32.9 Å². The van der Waals surface area contributed by atoms with E-state index in [-0.39, 0.29) is 42.8 Å². The topological polar surface area (TPSA) is 99.4 Å². The zero-order valence-corrected chi connectivity index (χ0v) is 38.0. The Hall–Kier alpha value is -4.92. The zero-order chi connectivity index (χ0) is 46.4. The molecule has 1 aliphatic carbocycles. The molecule has 0 unspecified atom stereocenters. The molecule has 7 aromatic rings. The molecule has 1 saturated carbocycles. The van der Waals surface area contributed by atoms with Crippen molar-refractivity contribution in [3.63, 3.8) is 0 Å². The average molecular weight is 1010 g/mol. The molecule has 0 saturated heterocycles. The molecular weight excluding hydrogens is 951 g/mol. The molecule has 1 radical (unpaired) electrons. The number of rotatable bonds is 7. The molecule has 295 valence electrons. The first-order valence-electron chi connectivity index (χ1n) is 22.7. The van der Waals surface area contributed by atoms with E-state index in [9.17, 15) is 5.26 Å². The first-order valence-corrected chi connectivity index (χ1v) is 26.6. The molecule has 0 amide bonds. The number of nitrogens with zero attached hydrogens (tertiary/aromatic N) is 5. The van der Waals surface area contributed by atoms with Crippen LogP contribution in [0.1, 0.15) is 83.9 Å². The van der Waals surface area contributed by atoms with Crippen molar-refractivity contribution in [3.05, 3.63) is 131 Å². The van der Waals surface area contributed by atoms with Crippen molar-refractivity contribution in [3.8, 4) is 45.9 Å². The molecule has 8 heteroatoms. The Morgan fingerprint density at radius 1 is 0.879 bits per heavy atom. The molecule has 6 nitrogen and oxygen atoms in total. The van der Waals surface area contributed by atoms with Crippen LogP contribution in [-0.4, -0.2) is 28.2 Å². The largest absolute Gasteiger partial charge is 0 e. The number of hydrogen-bond acceptors (Lipinski definition) is 6. The van der Waals surface area contributed by atoms with Gasteiger partial charge in [-0.25, -0.2) is 10.2 Å². The second-order valence-electron chi connectivity index (χ2n) is 16.5. The van der Waals surface area contributed by atoms with E-state index < -0.39 is 38.3 Å². The van der Waals surface area contributed by atoms with Gasteiger partial charge in [0.1, 0.15) is 0 Å². The molecule has 1 fully saturated rings. The van der Waals surface area contributed by atoms with Gasteiger partial charge in [-0.2, -0.15) is 0 Å². The minimum Gasteiger partial charge on any atom is 0 e. The Kier molecular flexibility index (Phi) is 10.5. The maximum absolute atomic E-state index is 9.82. The molecule has 1 aliphatic rings. The number of nitriles is 2. The summed E-state index contributed by atoms with van der Waals surface area (Å²) in [6, 6.07) is 33.9. The fraction of sp³-hybridized carbons (Fsp3) is 0.300. The number of hydrogen-bond donors (Lipinski definition) is 0. The van der Waals surface area contributed by atoms with Crippen LogP contribution in [0, 0.1) is 53.0 Å². The summed E-state index contributed by atoms with van der Waals surface area (Å²) in [7, 11) is 0. The Labute approximate surface area is 369 Å². The van der Waals surface area contributed by atoms with Crippen LogP contribution in [0.4, 0.5) is 0 Å². The van der Waals surface area contributed by atoms with Gasteiger partial charge >= 0.3 is 145 Å². The molecule has 4 heterocycles. The normalized spacial score (nSPS) is 15.6. The predicted octanol–water partition coefficient (Wildman–Crippen LogP) is 12.0. The van der Waals surface area contributed by atoms with Crippen molar-refractivity contribution in [1.82, 2.24) is 15.0 Å². The number of benzene rings is 3. The van der Waals surface area contributed by atoms with Crippen molar-refractivity contribution >= 4 is 39.7 Å². The summed E-state index contributed by atoms with van der Waals surface area (Å²) in [5.74, 6) is 6.52. The maximum atomic E-state index is 9.82. The standard InChI is InChI=1S/C30H24N3O.C20H25GeN2.Ir/c1-19-15-27(32-18-23(19)16-20-7-5-6-8-20)24-12-11-22(17-31)28-25-13-14-26(21-9-3-2-4-10-21)33-30(25)34-29(24)28;1-20(2,3)12-17-11-19(23-14-18(17)21(4,5)6)16-9-7-15(13-22)8-10-16;/h2-4,9-11,13-15,18,20H,5-8,16H2,1H3;7-9,11,14H,12H2,1-6H3;/q2*-1;/i1D3,16D2;12D2;. The molecule has 0 aliphatic heterocycles. The van der Waals surface area contributed by atoms with Gasteiger partial charge in [-0.05, 0) is 53.5 Å². The van der Waals surface area contributed by atoms with Crippen molar-refractivity contribution in [2.24, 2.45) is 11.3 Å². The molecule has 3 aromatic carbocycles. The van der Waals surface area contributed by atoms with Gasteiger partial charge < -0.3 is 9.40 Å². The minimum atomic E-state index is -2.55. The van der Waals surface area contributed by atoms with Gasteiger partial charge in [-0.15, -0.1) is 12.1 Å². The van der Waals surface area contributed by atoms with Crippen LogP contribution in [0.5, 0.6) is 0 Å². The molecule has 0 spiro atoms. The monoisotopic (exact) mass is 1010 g/mol. The second-order valence-corrected chi connectivity index (χ2v) is 27.1. The third-order valence-corrected chi connectivity index (χ3v) is 14.1. The van der Waals surface area contributed by atoms with Crippen LogP contribution in [0.3, 0.4) is 0 Å². The third kappa shape index (κ3) is 9.67. The first-order chi connectivity index (χ1) is 30.1. The summed E-state index contributed by atoms with van der Waals surface area (Å²) in [6.45, 7) is 3.24. The number of aromatic nitrogens is 3. The van der Waals surface area contributed by atoms with E-state index in [0.29, 0.717) is 50.1 Å². The predicted molar refractivity (Wildman–Crippen MR) is 233 cm³/mol. The van der Waals surface area contributed by atoms with Gasteiger partial charge in [-0.3, -0.25) is 0 Å². The van der Waals surface area contributed by atoms with E-state index in [2.05, 4.69) is 51.5 Å². The summed E-state index contributed by atoms with van der Waals surface area (Å²) >= 11 is -2.30. The van der Waals surface area contributed by atoms with E-state index >= 15 is 0 Å². The molecule has 0 bridgehead atoms. The number of aryl methyl sites for hydroxylation is 1. The van der Waals surface area contributed by atoms with E-state index in [0.717, 1.165) is 46.8 Å². The van der Waals surface area contributed by atoms with Crippen LogP contribution < -0.4 is 4.40 Å². The number of fused-ring (bicyclic) bond motifs is 3. The zero-order valence-electron chi connectivity index (χ0n) is 40.5. The fourth-order valence-electron chi connectivity index (χ4n) is 7.11. The Morgan fingerprint density at radius 3 is 2.29 bits per heavy atom. The molecular formula is C50H49GeIrN5O-2. The Bertz CT molecular complexity index is 2940. The number of furan rings is 1. The third-order valence-electron chi connectivity index (χ3n) is 9.92. The summed E-state index contributed by atoms with van der Waals surface area (Å²) < 4.78 is 67.1. The SMILES string of the molecule is [2H]C([2H])([2H])c1cc(-c2[c-]cc(C#N)c3c2oc2nc(-c4ccccc4)ccc23)ncc1C([2H])([2H])C1CCCC1.[2H]C([2H])(c1cc(-c2[c-]cc(C#N)cc2)nc[c]1[Ge]([CH3])([CH3])[CH3])C(C)(C)C.[Ir]. The van der Waals surface area contributed by atoms with Crippen molar-refractivity contribution in [2.75, 3.05) is 0 Å². The van der Waals surface area contributed by atoms with E-state index in [4.69, 9.17) is 24.3 Å². The fourth-order valence-corrected chi connectivity index (χ4v) is 10.0. The molecule has 8 rings (SSSR count). The van der Waals surface area contributed by atoms with Crippen molar-refractivity contribution in [2.45, 2.75) is 83.3 Å². The van der Waals surface area contributed by atoms with Gasteiger partial charge in [0.05, 0.1) is 11.3 Å². The van der Waals surface area contributed by atoms with Crippen LogP contribution in [0.25, 0.3) is 55.8 Å². The van der Waals surface area contributed by atoms with Gasteiger partial charge in [0.15, 0.2) is 0 Å². The van der Waals surface area contributed by atoms with E-state index in [1.165, 1.54) is 12.3 Å². The smallest absolute Gasteiger partial charge is 0 e. The summed E-state index contributed by atoms with van der Waals surface area (Å²) in [4.78, 5) is 13.8.